The summed E-state index contributed by atoms with van der Waals surface area (Å²) in [5.41, 5.74) is 0. The van der Waals surface area contributed by atoms with E-state index in [4.69, 9.17) is 0 Å². The van der Waals surface area contributed by atoms with Gasteiger partial charge in [-0.2, -0.15) is 17.0 Å². The highest BCUT2D eigenvalue weighted by Gasteiger charge is 2.32. The van der Waals surface area contributed by atoms with Crippen LogP contribution < -0.4 is 5.32 Å². The van der Waals surface area contributed by atoms with E-state index in [1.165, 1.54) is 22.7 Å². The fourth-order valence-corrected chi connectivity index (χ4v) is 3.22. The Morgan fingerprint density at radius 1 is 1.20 bits per heavy atom. The van der Waals surface area contributed by atoms with Crippen LogP contribution in [-0.2, 0) is 15.0 Å². The second-order valence-electron chi connectivity index (χ2n) is 6.00. The summed E-state index contributed by atoms with van der Waals surface area (Å²) in [6, 6.07) is 0.144. The van der Waals surface area contributed by atoms with Gasteiger partial charge in [0, 0.05) is 39.1 Å². The lowest BCUT2D eigenvalue weighted by Gasteiger charge is -2.32. The van der Waals surface area contributed by atoms with Crippen molar-refractivity contribution in [1.29, 1.82) is 0 Å². The number of nitrogens with zero attached hydrogens (tertiary/aromatic N) is 2. The van der Waals surface area contributed by atoms with Crippen LogP contribution in [-0.4, -0.2) is 56.2 Å². The molecule has 0 spiro atoms. The van der Waals surface area contributed by atoms with E-state index < -0.39 is 10.2 Å². The lowest BCUT2D eigenvalue weighted by molar-refractivity contribution is -0.127. The average molecular weight is 305 g/mol. The van der Waals surface area contributed by atoms with Crippen LogP contribution in [0.25, 0.3) is 0 Å². The molecule has 0 aliphatic carbocycles. The van der Waals surface area contributed by atoms with Crippen molar-refractivity contribution in [3.05, 3.63) is 0 Å². The van der Waals surface area contributed by atoms with Gasteiger partial charge in [0.05, 0.1) is 0 Å². The molecule has 118 valence electrons. The normalized spacial score (nSPS) is 20.4. The lowest BCUT2D eigenvalue weighted by atomic mass is 9.96. The summed E-state index contributed by atoms with van der Waals surface area (Å²) in [6.45, 7) is 6.95. The highest BCUT2D eigenvalue weighted by Crippen LogP contribution is 2.21. The van der Waals surface area contributed by atoms with Crippen molar-refractivity contribution in [1.82, 2.24) is 13.9 Å². The van der Waals surface area contributed by atoms with E-state index in [2.05, 4.69) is 19.2 Å². The maximum Gasteiger partial charge on any atom is 0.281 e. The number of rotatable bonds is 5. The summed E-state index contributed by atoms with van der Waals surface area (Å²) in [5, 5.41) is 3.01. The number of carbonyl (C=O) groups is 1. The zero-order chi connectivity index (χ0) is 15.5. The van der Waals surface area contributed by atoms with Gasteiger partial charge in [-0.25, -0.2) is 0 Å². The maximum absolute atomic E-state index is 12.1. The van der Waals surface area contributed by atoms with Gasteiger partial charge in [-0.15, -0.1) is 0 Å². The second-order valence-corrected chi connectivity index (χ2v) is 8.15. The molecule has 0 radical (unpaired) electrons. The standard InChI is InChI=1S/C13H27N3O3S/c1-10(2)11(3)14-13(17)12-6-8-16(9-7-12)20(18,19)15(4)5/h10-12H,6-9H2,1-5H3,(H,14,17)/t11-/m0/s1. The van der Waals surface area contributed by atoms with Crippen LogP contribution in [0.1, 0.15) is 33.6 Å². The van der Waals surface area contributed by atoms with Crippen molar-refractivity contribution in [2.45, 2.75) is 39.7 Å². The van der Waals surface area contributed by atoms with Crippen molar-refractivity contribution in [3.63, 3.8) is 0 Å². The molecule has 0 unspecified atom stereocenters. The molecule has 6 nitrogen and oxygen atoms in total. The van der Waals surface area contributed by atoms with Crippen LogP contribution >= 0.6 is 0 Å². The summed E-state index contributed by atoms with van der Waals surface area (Å²) in [5.74, 6) is 0.367. The van der Waals surface area contributed by atoms with Gasteiger partial charge in [-0.3, -0.25) is 4.79 Å². The smallest absolute Gasteiger partial charge is 0.281 e. The Labute approximate surface area is 122 Å². The molecular formula is C13H27N3O3S. The van der Waals surface area contributed by atoms with Crippen molar-refractivity contribution < 1.29 is 13.2 Å². The van der Waals surface area contributed by atoms with Gasteiger partial charge in [-0.1, -0.05) is 13.8 Å². The van der Waals surface area contributed by atoms with Gasteiger partial charge in [-0.05, 0) is 25.7 Å². The zero-order valence-electron chi connectivity index (χ0n) is 13.1. The number of amides is 1. The largest absolute Gasteiger partial charge is 0.353 e. The summed E-state index contributed by atoms with van der Waals surface area (Å²) >= 11 is 0. The van der Waals surface area contributed by atoms with Crippen LogP contribution in [0.2, 0.25) is 0 Å². The van der Waals surface area contributed by atoms with E-state index in [9.17, 15) is 13.2 Å². The molecule has 0 aromatic rings. The Balaban J connectivity index is 2.52. The SMILES string of the molecule is CC(C)[C@H](C)NC(=O)C1CCN(S(=O)(=O)N(C)C)CC1. The minimum Gasteiger partial charge on any atom is -0.353 e. The monoisotopic (exact) mass is 305 g/mol. The first-order chi connectivity index (χ1) is 9.16. The minimum absolute atomic E-state index is 0.0492. The zero-order valence-corrected chi connectivity index (χ0v) is 13.9. The van der Waals surface area contributed by atoms with Crippen LogP contribution in [0.3, 0.4) is 0 Å². The molecule has 0 saturated carbocycles. The number of piperidine rings is 1. The third kappa shape index (κ3) is 4.17. The van der Waals surface area contributed by atoms with Gasteiger partial charge >= 0.3 is 0 Å². The van der Waals surface area contributed by atoms with Crippen molar-refractivity contribution in [3.8, 4) is 0 Å². The van der Waals surface area contributed by atoms with E-state index in [-0.39, 0.29) is 17.9 Å². The quantitative estimate of drug-likeness (QED) is 0.811. The molecular weight excluding hydrogens is 278 g/mol. The molecule has 1 fully saturated rings. The van der Waals surface area contributed by atoms with Gasteiger partial charge in [0.25, 0.3) is 10.2 Å². The first-order valence-corrected chi connectivity index (χ1v) is 8.54. The molecule has 1 aliphatic heterocycles. The summed E-state index contributed by atoms with van der Waals surface area (Å²) in [4.78, 5) is 12.1. The third-order valence-electron chi connectivity index (χ3n) is 3.98. The number of carbonyl (C=O) groups excluding carboxylic acids is 1. The molecule has 0 bridgehead atoms. The Morgan fingerprint density at radius 3 is 2.10 bits per heavy atom. The average Bonchev–Trinajstić information content (AvgIpc) is 2.38. The lowest BCUT2D eigenvalue weighted by Crippen LogP contribution is -2.48. The van der Waals surface area contributed by atoms with Crippen LogP contribution in [0.4, 0.5) is 0 Å². The molecule has 1 atom stereocenters. The first kappa shape index (κ1) is 17.4. The number of hydrogen-bond donors (Lipinski definition) is 1. The predicted molar refractivity (Wildman–Crippen MR) is 79.3 cm³/mol. The second kappa shape index (κ2) is 6.87. The molecule has 0 aromatic carbocycles. The summed E-state index contributed by atoms with van der Waals surface area (Å²) < 4.78 is 26.6. The molecule has 1 rings (SSSR count). The maximum atomic E-state index is 12.1. The Bertz CT molecular complexity index is 426. The van der Waals surface area contributed by atoms with E-state index in [1.807, 2.05) is 6.92 Å². The van der Waals surface area contributed by atoms with Gasteiger partial charge in [0.2, 0.25) is 5.91 Å². The van der Waals surface area contributed by atoms with Crippen LogP contribution in [0.5, 0.6) is 0 Å². The van der Waals surface area contributed by atoms with Crippen molar-refractivity contribution in [2.24, 2.45) is 11.8 Å². The molecule has 1 aliphatic rings. The highest BCUT2D eigenvalue weighted by atomic mass is 32.2. The topological polar surface area (TPSA) is 69.7 Å². The highest BCUT2D eigenvalue weighted by molar-refractivity contribution is 7.86. The van der Waals surface area contributed by atoms with Gasteiger partial charge in [0.1, 0.15) is 0 Å². The molecule has 0 aromatic heterocycles. The fraction of sp³-hybridized carbons (Fsp3) is 0.923. The Hall–Kier alpha value is -0.660. The molecule has 20 heavy (non-hydrogen) atoms. The Kier molecular flexibility index (Phi) is 5.97. The predicted octanol–water partition coefficient (Wildman–Crippen LogP) is 0.666. The Morgan fingerprint density at radius 2 is 1.70 bits per heavy atom. The number of hydrogen-bond acceptors (Lipinski definition) is 3. The number of nitrogens with one attached hydrogen (secondary N) is 1. The summed E-state index contributed by atoms with van der Waals surface area (Å²) in [7, 11) is -0.298. The molecule has 1 N–H and O–H groups in total. The van der Waals surface area contributed by atoms with Crippen LogP contribution in [0, 0.1) is 11.8 Å². The van der Waals surface area contributed by atoms with E-state index in [0.717, 1.165) is 0 Å². The molecule has 7 heteroatoms. The molecule has 1 heterocycles. The summed E-state index contributed by atoms with van der Waals surface area (Å²) in [6.07, 6.45) is 1.17. The van der Waals surface area contributed by atoms with Crippen molar-refractivity contribution in [2.75, 3.05) is 27.2 Å². The minimum atomic E-state index is -3.35. The van der Waals surface area contributed by atoms with Crippen molar-refractivity contribution >= 4 is 16.1 Å². The van der Waals surface area contributed by atoms with E-state index in [1.54, 1.807) is 0 Å². The molecule has 1 saturated heterocycles. The van der Waals surface area contributed by atoms with E-state index >= 15 is 0 Å². The van der Waals surface area contributed by atoms with Crippen LogP contribution in [0.15, 0.2) is 0 Å². The van der Waals surface area contributed by atoms with E-state index in [0.29, 0.717) is 31.8 Å². The molecule has 1 amide bonds. The third-order valence-corrected chi connectivity index (χ3v) is 5.92. The fourth-order valence-electron chi connectivity index (χ4n) is 2.09. The van der Waals surface area contributed by atoms with Gasteiger partial charge in [0.15, 0.2) is 0 Å². The first-order valence-electron chi connectivity index (χ1n) is 7.14. The van der Waals surface area contributed by atoms with Gasteiger partial charge < -0.3 is 5.32 Å².